The normalized spacial score (nSPS) is 14.0. The maximum absolute atomic E-state index is 5.37. The molecule has 29 heavy (non-hydrogen) atoms. The van der Waals surface area contributed by atoms with Gasteiger partial charge in [-0.1, -0.05) is 48.5 Å². The minimum atomic E-state index is 0.448. The molecule has 2 aromatic carbocycles. The van der Waals surface area contributed by atoms with Gasteiger partial charge >= 0.3 is 0 Å². The third-order valence-electron chi connectivity index (χ3n) is 5.08. The summed E-state index contributed by atoms with van der Waals surface area (Å²) in [6, 6.07) is 18.3. The molecule has 1 aliphatic carbocycles. The number of para-hydroxylation sites is 1. The average molecular weight is 401 g/mol. The molecular formula is C22H20N6S. The Bertz CT molecular complexity index is 1240. The van der Waals surface area contributed by atoms with Crippen molar-refractivity contribution in [1.29, 1.82) is 0 Å². The molecule has 6 nitrogen and oxygen atoms in total. The fraction of sp³-hybridized carbons (Fsp3) is 0.182. The van der Waals surface area contributed by atoms with E-state index < -0.39 is 0 Å². The fourth-order valence-corrected chi connectivity index (χ4v) is 3.57. The number of hydrogen-bond donors (Lipinski definition) is 1. The van der Waals surface area contributed by atoms with Crippen LogP contribution in [0.2, 0.25) is 0 Å². The summed E-state index contributed by atoms with van der Waals surface area (Å²) in [5.41, 5.74) is 5.04. The highest BCUT2D eigenvalue weighted by Crippen LogP contribution is 2.38. The van der Waals surface area contributed by atoms with Crippen molar-refractivity contribution in [3.63, 3.8) is 0 Å². The van der Waals surface area contributed by atoms with Crippen molar-refractivity contribution < 1.29 is 0 Å². The number of rotatable bonds is 5. The topological polar surface area (TPSA) is 63.8 Å². The van der Waals surface area contributed by atoms with Crippen LogP contribution in [-0.2, 0) is 0 Å². The molecular weight excluding hydrogens is 380 g/mol. The highest BCUT2D eigenvalue weighted by molar-refractivity contribution is 7.71. The molecule has 0 bridgehead atoms. The fourth-order valence-electron chi connectivity index (χ4n) is 3.39. The van der Waals surface area contributed by atoms with Crippen LogP contribution >= 0.6 is 12.2 Å². The van der Waals surface area contributed by atoms with Crippen LogP contribution in [0.1, 0.15) is 35.7 Å². The van der Waals surface area contributed by atoms with Gasteiger partial charge in [-0.15, -0.1) is 0 Å². The van der Waals surface area contributed by atoms with E-state index in [-0.39, 0.29) is 0 Å². The number of hydrogen-bond acceptors (Lipinski definition) is 4. The van der Waals surface area contributed by atoms with E-state index in [4.69, 9.17) is 17.3 Å². The Balaban J connectivity index is 1.61. The summed E-state index contributed by atoms with van der Waals surface area (Å²) in [5, 5.41) is 16.7. The second kappa shape index (κ2) is 7.25. The van der Waals surface area contributed by atoms with E-state index in [9.17, 15) is 0 Å². The summed E-state index contributed by atoms with van der Waals surface area (Å²) >= 11 is 5.37. The van der Waals surface area contributed by atoms with E-state index in [1.807, 2.05) is 47.4 Å². The Morgan fingerprint density at radius 1 is 1.10 bits per heavy atom. The zero-order chi connectivity index (χ0) is 19.8. The van der Waals surface area contributed by atoms with Crippen molar-refractivity contribution in [3.05, 3.63) is 82.5 Å². The first-order chi connectivity index (χ1) is 14.2. The molecule has 0 unspecified atom stereocenters. The first-order valence-corrected chi connectivity index (χ1v) is 10.0. The van der Waals surface area contributed by atoms with Crippen molar-refractivity contribution in [3.8, 4) is 16.9 Å². The maximum atomic E-state index is 5.37. The van der Waals surface area contributed by atoms with Crippen LogP contribution in [0.3, 0.4) is 0 Å². The van der Waals surface area contributed by atoms with E-state index >= 15 is 0 Å². The molecule has 5 rings (SSSR count). The summed E-state index contributed by atoms with van der Waals surface area (Å²) in [5.74, 6) is 1.35. The zero-order valence-corrected chi connectivity index (χ0v) is 16.8. The van der Waals surface area contributed by atoms with Crippen molar-refractivity contribution >= 4 is 18.4 Å². The largest absolute Gasteiger partial charge is 0.250 e. The lowest BCUT2D eigenvalue weighted by atomic mass is 10.1. The third-order valence-corrected chi connectivity index (χ3v) is 5.35. The summed E-state index contributed by atoms with van der Waals surface area (Å²) < 4.78 is 4.15. The van der Waals surface area contributed by atoms with Crippen LogP contribution in [0.15, 0.2) is 65.9 Å². The second-order valence-electron chi connectivity index (χ2n) is 7.25. The van der Waals surface area contributed by atoms with Crippen molar-refractivity contribution in [2.24, 2.45) is 5.10 Å². The van der Waals surface area contributed by atoms with Crippen LogP contribution in [0, 0.1) is 11.7 Å². The molecule has 144 valence electrons. The van der Waals surface area contributed by atoms with Crippen LogP contribution in [-0.4, -0.2) is 30.9 Å². The lowest BCUT2D eigenvalue weighted by Crippen LogP contribution is -1.97. The molecule has 0 saturated heterocycles. The van der Waals surface area contributed by atoms with E-state index in [0.717, 1.165) is 46.7 Å². The van der Waals surface area contributed by atoms with E-state index in [2.05, 4.69) is 46.5 Å². The summed E-state index contributed by atoms with van der Waals surface area (Å²) in [7, 11) is 0. The SMILES string of the molecule is Cc1ccccc1-n1cc(/C=N\n2c(C3CC3)n[nH]c2=S)c(-c2ccccc2)n1. The van der Waals surface area contributed by atoms with Crippen LogP contribution in [0.5, 0.6) is 0 Å². The number of nitrogens with one attached hydrogen (secondary N) is 1. The highest BCUT2D eigenvalue weighted by Gasteiger charge is 2.29. The first-order valence-electron chi connectivity index (χ1n) is 9.63. The van der Waals surface area contributed by atoms with Gasteiger partial charge in [0.15, 0.2) is 5.82 Å². The second-order valence-corrected chi connectivity index (χ2v) is 7.63. The van der Waals surface area contributed by atoms with Gasteiger partial charge in [-0.2, -0.15) is 20.0 Å². The maximum Gasteiger partial charge on any atom is 0.216 e. The number of nitrogens with zero attached hydrogens (tertiary/aromatic N) is 5. The summed E-state index contributed by atoms with van der Waals surface area (Å²) in [6.07, 6.45) is 6.10. The van der Waals surface area contributed by atoms with Crippen LogP contribution in [0.4, 0.5) is 0 Å². The Kier molecular flexibility index (Phi) is 4.44. The van der Waals surface area contributed by atoms with Gasteiger partial charge in [0.05, 0.1) is 11.9 Å². The number of H-pyrrole nitrogens is 1. The molecule has 2 heterocycles. The van der Waals surface area contributed by atoms with Gasteiger partial charge in [-0.3, -0.25) is 5.10 Å². The molecule has 7 heteroatoms. The van der Waals surface area contributed by atoms with Gasteiger partial charge in [0.2, 0.25) is 4.77 Å². The minimum absolute atomic E-state index is 0.448. The van der Waals surface area contributed by atoms with E-state index in [1.165, 1.54) is 0 Å². The Morgan fingerprint density at radius 2 is 1.86 bits per heavy atom. The molecule has 0 atom stereocenters. The predicted molar refractivity (Wildman–Crippen MR) is 116 cm³/mol. The van der Waals surface area contributed by atoms with Gasteiger partial charge in [0.25, 0.3) is 0 Å². The summed E-state index contributed by atoms with van der Waals surface area (Å²) in [6.45, 7) is 2.08. The molecule has 0 radical (unpaired) electrons. The van der Waals surface area contributed by atoms with E-state index in [0.29, 0.717) is 10.7 Å². The highest BCUT2D eigenvalue weighted by atomic mass is 32.1. The monoisotopic (exact) mass is 400 g/mol. The van der Waals surface area contributed by atoms with Crippen LogP contribution in [0.25, 0.3) is 16.9 Å². The van der Waals surface area contributed by atoms with Gasteiger partial charge in [0.1, 0.15) is 5.69 Å². The number of aromatic nitrogens is 5. The zero-order valence-electron chi connectivity index (χ0n) is 16.0. The number of benzene rings is 2. The minimum Gasteiger partial charge on any atom is -0.250 e. The first kappa shape index (κ1) is 17.8. The molecule has 1 saturated carbocycles. The molecule has 0 aliphatic heterocycles. The Hall–Kier alpha value is -3.32. The molecule has 2 aromatic heterocycles. The van der Waals surface area contributed by atoms with Crippen molar-refractivity contribution in [2.45, 2.75) is 25.7 Å². The van der Waals surface area contributed by atoms with Gasteiger partial charge in [-0.05, 0) is 43.6 Å². The molecule has 1 aliphatic rings. The van der Waals surface area contributed by atoms with Gasteiger partial charge < -0.3 is 0 Å². The summed E-state index contributed by atoms with van der Waals surface area (Å²) in [4.78, 5) is 0. The quantitative estimate of drug-likeness (QED) is 0.384. The molecule has 1 N–H and O–H groups in total. The number of aryl methyl sites for hydroxylation is 1. The molecule has 0 spiro atoms. The molecule has 1 fully saturated rings. The number of aromatic amines is 1. The smallest absolute Gasteiger partial charge is 0.216 e. The molecule has 4 aromatic rings. The lowest BCUT2D eigenvalue weighted by molar-refractivity contribution is 0.773. The van der Waals surface area contributed by atoms with Gasteiger partial charge in [0, 0.05) is 23.2 Å². The standard InChI is InChI=1S/C22H20N6S/c1-15-7-5-6-10-19(15)27-14-18(20(26-27)16-8-3-2-4-9-16)13-23-28-21(17-11-12-17)24-25-22(28)29/h2-10,13-14,17H,11-12H2,1H3,(H,25,29)/b23-13-. The van der Waals surface area contributed by atoms with Crippen LogP contribution < -0.4 is 0 Å². The van der Waals surface area contributed by atoms with Gasteiger partial charge in [-0.25, -0.2) is 4.68 Å². The van der Waals surface area contributed by atoms with Crippen molar-refractivity contribution in [1.82, 2.24) is 24.7 Å². The lowest BCUT2D eigenvalue weighted by Gasteiger charge is -2.04. The molecule has 0 amide bonds. The Morgan fingerprint density at radius 3 is 2.62 bits per heavy atom. The average Bonchev–Trinajstić information content (AvgIpc) is 3.40. The Labute approximate surface area is 173 Å². The van der Waals surface area contributed by atoms with Crippen molar-refractivity contribution in [2.75, 3.05) is 0 Å². The third kappa shape index (κ3) is 3.45. The predicted octanol–water partition coefficient (Wildman–Crippen LogP) is 4.86. The van der Waals surface area contributed by atoms with E-state index in [1.54, 1.807) is 4.68 Å².